The Hall–Kier alpha value is -2.71. The van der Waals surface area contributed by atoms with E-state index in [0.717, 1.165) is 6.07 Å². The smallest absolute Gasteiger partial charge is 0.310 e. The first-order valence-corrected chi connectivity index (χ1v) is 6.19. The largest absolute Gasteiger partial charge is 0.469 e. The number of rotatable bonds is 4. The summed E-state index contributed by atoms with van der Waals surface area (Å²) in [6.07, 6.45) is 0.529. The first-order valence-electron chi connectivity index (χ1n) is 6.19. The Morgan fingerprint density at radius 3 is 2.62 bits per heavy atom. The maximum Gasteiger partial charge on any atom is 0.310 e. The summed E-state index contributed by atoms with van der Waals surface area (Å²) in [7, 11) is 1.29. The van der Waals surface area contributed by atoms with Crippen molar-refractivity contribution in [1.29, 1.82) is 0 Å². The van der Waals surface area contributed by atoms with Crippen LogP contribution >= 0.6 is 0 Å². The second-order valence-corrected chi connectivity index (χ2v) is 4.64. The van der Waals surface area contributed by atoms with Crippen molar-refractivity contribution in [3.8, 4) is 0 Å². The van der Waals surface area contributed by atoms with Gasteiger partial charge < -0.3 is 9.64 Å². The SMILES string of the molecule is COC(=O)C1CCN(c2ccc([N+](=O)[O-])cc2[N+](=O)[O-])C1. The number of carbonyl (C=O) groups excluding carboxylic acids is 1. The van der Waals surface area contributed by atoms with E-state index >= 15 is 0 Å². The molecule has 0 spiro atoms. The lowest BCUT2D eigenvalue weighted by atomic mass is 10.1. The first-order chi connectivity index (χ1) is 9.93. The number of nitrogens with zero attached hydrogens (tertiary/aromatic N) is 3. The van der Waals surface area contributed by atoms with Gasteiger partial charge in [-0.05, 0) is 12.5 Å². The molecule has 1 aromatic carbocycles. The van der Waals surface area contributed by atoms with Crippen molar-refractivity contribution in [2.24, 2.45) is 5.92 Å². The molecule has 0 saturated carbocycles. The predicted molar refractivity (Wildman–Crippen MR) is 72.1 cm³/mol. The van der Waals surface area contributed by atoms with E-state index in [9.17, 15) is 25.0 Å². The van der Waals surface area contributed by atoms with E-state index in [1.54, 1.807) is 4.90 Å². The molecule has 0 amide bonds. The van der Waals surface area contributed by atoms with Crippen LogP contribution in [0.5, 0.6) is 0 Å². The standard InChI is InChI=1S/C12H13N3O6/c1-21-12(16)8-4-5-13(7-8)10-3-2-9(14(17)18)6-11(10)15(19)20/h2-3,6,8H,4-5,7H2,1H3. The van der Waals surface area contributed by atoms with E-state index in [2.05, 4.69) is 4.74 Å². The Labute approximate surface area is 119 Å². The van der Waals surface area contributed by atoms with Crippen LogP contribution in [0.2, 0.25) is 0 Å². The van der Waals surface area contributed by atoms with Crippen LogP contribution in [0.25, 0.3) is 0 Å². The fraction of sp³-hybridized carbons (Fsp3) is 0.417. The van der Waals surface area contributed by atoms with Crippen LogP contribution in [0.15, 0.2) is 18.2 Å². The minimum Gasteiger partial charge on any atom is -0.469 e. The number of nitro benzene ring substituents is 2. The summed E-state index contributed by atoms with van der Waals surface area (Å²) in [4.78, 5) is 33.6. The number of hydrogen-bond donors (Lipinski definition) is 0. The van der Waals surface area contributed by atoms with E-state index in [1.807, 2.05) is 0 Å². The fourth-order valence-electron chi connectivity index (χ4n) is 2.38. The minimum atomic E-state index is -0.683. The highest BCUT2D eigenvalue weighted by Crippen LogP contribution is 2.35. The maximum absolute atomic E-state index is 11.5. The molecule has 1 aliphatic rings. The van der Waals surface area contributed by atoms with Gasteiger partial charge in [-0.15, -0.1) is 0 Å². The summed E-state index contributed by atoms with van der Waals surface area (Å²) in [5.41, 5.74) is -0.402. The predicted octanol–water partition coefficient (Wildman–Crippen LogP) is 1.50. The molecule has 112 valence electrons. The Kier molecular flexibility index (Phi) is 4.01. The molecule has 0 bridgehead atoms. The molecule has 9 heteroatoms. The lowest BCUT2D eigenvalue weighted by Crippen LogP contribution is -2.24. The summed E-state index contributed by atoms with van der Waals surface area (Å²) < 4.78 is 4.66. The van der Waals surface area contributed by atoms with Crippen molar-refractivity contribution < 1.29 is 19.4 Å². The van der Waals surface area contributed by atoms with E-state index in [1.165, 1.54) is 19.2 Å². The third-order valence-corrected chi connectivity index (χ3v) is 3.43. The minimum absolute atomic E-state index is 0.275. The van der Waals surface area contributed by atoms with Gasteiger partial charge in [0, 0.05) is 19.2 Å². The van der Waals surface area contributed by atoms with Crippen LogP contribution in [-0.2, 0) is 9.53 Å². The lowest BCUT2D eigenvalue weighted by Gasteiger charge is -2.17. The Balaban J connectivity index is 2.30. The lowest BCUT2D eigenvalue weighted by molar-refractivity contribution is -0.393. The quantitative estimate of drug-likeness (QED) is 0.469. The first kappa shape index (κ1) is 14.7. The van der Waals surface area contributed by atoms with E-state index in [4.69, 9.17) is 0 Å². The van der Waals surface area contributed by atoms with Gasteiger partial charge in [-0.2, -0.15) is 0 Å². The van der Waals surface area contributed by atoms with Gasteiger partial charge in [0.1, 0.15) is 5.69 Å². The Bertz CT molecular complexity index is 603. The summed E-state index contributed by atoms with van der Waals surface area (Å²) >= 11 is 0. The van der Waals surface area contributed by atoms with Gasteiger partial charge in [-0.25, -0.2) is 0 Å². The van der Waals surface area contributed by atoms with Gasteiger partial charge in [0.25, 0.3) is 11.4 Å². The molecule has 1 fully saturated rings. The molecule has 21 heavy (non-hydrogen) atoms. The highest BCUT2D eigenvalue weighted by molar-refractivity contribution is 5.75. The number of hydrogen-bond acceptors (Lipinski definition) is 7. The zero-order valence-electron chi connectivity index (χ0n) is 11.2. The van der Waals surface area contributed by atoms with E-state index < -0.39 is 9.85 Å². The molecule has 1 atom stereocenters. The van der Waals surface area contributed by atoms with Gasteiger partial charge in [0.15, 0.2) is 0 Å². The molecule has 1 saturated heterocycles. The molecule has 1 aromatic rings. The molecule has 9 nitrogen and oxygen atoms in total. The molecule has 0 N–H and O–H groups in total. The number of ether oxygens (including phenoxy) is 1. The van der Waals surface area contributed by atoms with Crippen molar-refractivity contribution >= 4 is 23.0 Å². The van der Waals surface area contributed by atoms with Gasteiger partial charge in [0.2, 0.25) is 0 Å². The maximum atomic E-state index is 11.5. The van der Waals surface area contributed by atoms with Crippen LogP contribution < -0.4 is 4.90 Å². The van der Waals surface area contributed by atoms with E-state index in [-0.39, 0.29) is 28.9 Å². The second kappa shape index (κ2) is 5.73. The van der Waals surface area contributed by atoms with Crippen LogP contribution in [0, 0.1) is 26.1 Å². The van der Waals surface area contributed by atoms with Crippen molar-refractivity contribution in [3.05, 3.63) is 38.4 Å². The molecule has 1 heterocycles. The number of nitro groups is 2. The third kappa shape index (κ3) is 2.91. The number of carbonyl (C=O) groups is 1. The number of methoxy groups -OCH3 is 1. The average molecular weight is 295 g/mol. The van der Waals surface area contributed by atoms with Crippen LogP contribution in [0.1, 0.15) is 6.42 Å². The van der Waals surface area contributed by atoms with Crippen molar-refractivity contribution in [2.45, 2.75) is 6.42 Å². The van der Waals surface area contributed by atoms with Crippen LogP contribution in [0.4, 0.5) is 17.1 Å². The highest BCUT2D eigenvalue weighted by Gasteiger charge is 2.33. The zero-order valence-corrected chi connectivity index (χ0v) is 11.2. The summed E-state index contributed by atoms with van der Waals surface area (Å²) in [5.74, 6) is -0.702. The van der Waals surface area contributed by atoms with Gasteiger partial charge in [0.05, 0.1) is 28.9 Å². The Morgan fingerprint density at radius 1 is 1.33 bits per heavy atom. The summed E-state index contributed by atoms with van der Waals surface area (Å²) in [6, 6.07) is 3.49. The van der Waals surface area contributed by atoms with Gasteiger partial charge >= 0.3 is 5.97 Å². The summed E-state index contributed by atoms with van der Waals surface area (Å²) in [6.45, 7) is 0.754. The highest BCUT2D eigenvalue weighted by atomic mass is 16.6. The Morgan fingerprint density at radius 2 is 2.05 bits per heavy atom. The number of non-ortho nitro benzene ring substituents is 1. The van der Waals surface area contributed by atoms with Gasteiger partial charge in [-0.1, -0.05) is 0 Å². The zero-order chi connectivity index (χ0) is 15.6. The number of benzene rings is 1. The van der Waals surface area contributed by atoms with Gasteiger partial charge in [-0.3, -0.25) is 25.0 Å². The molecule has 1 unspecified atom stereocenters. The topological polar surface area (TPSA) is 116 Å². The molecule has 0 aromatic heterocycles. The molecular weight excluding hydrogens is 282 g/mol. The summed E-state index contributed by atoms with van der Waals surface area (Å²) in [5, 5.41) is 21.8. The molecule has 2 rings (SSSR count). The number of anilines is 1. The molecule has 0 radical (unpaired) electrons. The normalized spacial score (nSPS) is 17.6. The molecule has 1 aliphatic heterocycles. The monoisotopic (exact) mass is 295 g/mol. The molecule has 0 aliphatic carbocycles. The number of esters is 1. The van der Waals surface area contributed by atoms with Crippen molar-refractivity contribution in [3.63, 3.8) is 0 Å². The van der Waals surface area contributed by atoms with E-state index in [0.29, 0.717) is 19.5 Å². The van der Waals surface area contributed by atoms with Crippen LogP contribution in [0.3, 0.4) is 0 Å². The molecular formula is C12H13N3O6. The third-order valence-electron chi connectivity index (χ3n) is 3.43. The van der Waals surface area contributed by atoms with Crippen molar-refractivity contribution in [2.75, 3.05) is 25.1 Å². The second-order valence-electron chi connectivity index (χ2n) is 4.64. The van der Waals surface area contributed by atoms with Crippen molar-refractivity contribution in [1.82, 2.24) is 0 Å². The average Bonchev–Trinajstić information content (AvgIpc) is 2.95. The fourth-order valence-corrected chi connectivity index (χ4v) is 2.38. The van der Waals surface area contributed by atoms with Crippen LogP contribution in [-0.4, -0.2) is 36.0 Å².